The Morgan fingerprint density at radius 2 is 2.16 bits per heavy atom. The van der Waals surface area contributed by atoms with Crippen molar-refractivity contribution in [2.75, 3.05) is 13.1 Å². The zero-order chi connectivity index (χ0) is 14.0. The van der Waals surface area contributed by atoms with Crippen molar-refractivity contribution < 1.29 is 23.1 Å². The number of phenolic OH excluding ortho intramolecular Hbond substituents is 1. The summed E-state index contributed by atoms with van der Waals surface area (Å²) in [5.41, 5.74) is 0.401. The normalized spacial score (nSPS) is 18.4. The molecule has 1 heterocycles. The highest BCUT2D eigenvalue weighted by Gasteiger charge is 2.36. The first-order chi connectivity index (χ1) is 8.87. The van der Waals surface area contributed by atoms with Crippen LogP contribution in [0.25, 0.3) is 0 Å². The number of hydrogen-bond acceptors (Lipinski definition) is 2. The Kier molecular flexibility index (Phi) is 3.68. The maximum atomic E-state index is 13.2. The molecule has 6 heteroatoms. The highest BCUT2D eigenvalue weighted by atomic mass is 19.3. The number of hydrogen-bond donors (Lipinski definition) is 1. The Labute approximate surface area is 108 Å². The summed E-state index contributed by atoms with van der Waals surface area (Å²) in [6.45, 7) is -0.263. The first-order valence-corrected chi connectivity index (χ1v) is 6.00. The van der Waals surface area contributed by atoms with Gasteiger partial charge in [-0.1, -0.05) is 6.07 Å². The van der Waals surface area contributed by atoms with Crippen molar-refractivity contribution in [3.05, 3.63) is 29.6 Å². The molecule has 0 spiro atoms. The van der Waals surface area contributed by atoms with Crippen molar-refractivity contribution in [3.63, 3.8) is 0 Å². The van der Waals surface area contributed by atoms with Crippen LogP contribution in [0.1, 0.15) is 18.4 Å². The number of piperidine rings is 1. The summed E-state index contributed by atoms with van der Waals surface area (Å²) in [4.78, 5) is 13.0. The van der Waals surface area contributed by atoms with Crippen LogP contribution in [0.5, 0.6) is 5.75 Å². The molecule has 0 unspecified atom stereocenters. The maximum absolute atomic E-state index is 13.2. The van der Waals surface area contributed by atoms with Crippen molar-refractivity contribution >= 4 is 5.91 Å². The Hall–Kier alpha value is -1.72. The zero-order valence-corrected chi connectivity index (χ0v) is 10.2. The van der Waals surface area contributed by atoms with Crippen LogP contribution >= 0.6 is 0 Å². The molecule has 1 fully saturated rings. The predicted octanol–water partition coefficient (Wildman–Crippen LogP) is 2.33. The molecule has 0 radical (unpaired) electrons. The number of aromatic hydroxyl groups is 1. The van der Waals surface area contributed by atoms with Gasteiger partial charge in [-0.3, -0.25) is 4.79 Å². The third-order valence-electron chi connectivity index (χ3n) is 3.11. The fourth-order valence-corrected chi connectivity index (χ4v) is 2.13. The van der Waals surface area contributed by atoms with E-state index in [0.29, 0.717) is 12.1 Å². The summed E-state index contributed by atoms with van der Waals surface area (Å²) < 4.78 is 39.2. The fourth-order valence-electron chi connectivity index (χ4n) is 2.13. The number of carbonyl (C=O) groups excluding carboxylic acids is 1. The number of carbonyl (C=O) groups is 1. The van der Waals surface area contributed by atoms with E-state index in [4.69, 9.17) is 0 Å². The predicted molar refractivity (Wildman–Crippen MR) is 62.5 cm³/mol. The molecule has 1 aliphatic rings. The van der Waals surface area contributed by atoms with Gasteiger partial charge in [0.2, 0.25) is 5.91 Å². The number of nitrogens with zero attached hydrogens (tertiary/aromatic N) is 1. The van der Waals surface area contributed by atoms with E-state index >= 15 is 0 Å². The second-order valence-corrected chi connectivity index (χ2v) is 4.74. The van der Waals surface area contributed by atoms with Crippen LogP contribution < -0.4 is 0 Å². The van der Waals surface area contributed by atoms with Gasteiger partial charge in [0.25, 0.3) is 5.92 Å². The van der Waals surface area contributed by atoms with Gasteiger partial charge in [0.1, 0.15) is 0 Å². The molecule has 0 saturated carbocycles. The first kappa shape index (κ1) is 13.7. The molecule has 2 rings (SSSR count). The van der Waals surface area contributed by atoms with E-state index in [-0.39, 0.29) is 19.3 Å². The van der Waals surface area contributed by atoms with E-state index < -0.39 is 29.9 Å². The van der Waals surface area contributed by atoms with Crippen LogP contribution in [0.2, 0.25) is 0 Å². The number of amides is 1. The lowest BCUT2D eigenvalue weighted by atomic mass is 10.1. The minimum atomic E-state index is -2.83. The molecule has 19 heavy (non-hydrogen) atoms. The monoisotopic (exact) mass is 273 g/mol. The quantitative estimate of drug-likeness (QED) is 0.898. The summed E-state index contributed by atoms with van der Waals surface area (Å²) >= 11 is 0. The van der Waals surface area contributed by atoms with E-state index in [2.05, 4.69) is 0 Å². The van der Waals surface area contributed by atoms with Crippen LogP contribution in [0.4, 0.5) is 13.2 Å². The third-order valence-corrected chi connectivity index (χ3v) is 3.11. The second-order valence-electron chi connectivity index (χ2n) is 4.74. The minimum Gasteiger partial charge on any atom is -0.505 e. The van der Waals surface area contributed by atoms with Crippen molar-refractivity contribution in [1.29, 1.82) is 0 Å². The number of rotatable bonds is 2. The number of likely N-dealkylation sites (tertiary alicyclic amines) is 1. The Morgan fingerprint density at radius 1 is 1.42 bits per heavy atom. The van der Waals surface area contributed by atoms with E-state index in [1.807, 2.05) is 0 Å². The van der Waals surface area contributed by atoms with Gasteiger partial charge >= 0.3 is 0 Å². The lowest BCUT2D eigenvalue weighted by molar-refractivity contribution is -0.140. The van der Waals surface area contributed by atoms with Crippen molar-refractivity contribution in [2.45, 2.75) is 25.2 Å². The molecule has 0 aromatic heterocycles. The summed E-state index contributed by atoms with van der Waals surface area (Å²) in [5, 5.41) is 9.19. The zero-order valence-electron chi connectivity index (χ0n) is 10.2. The van der Waals surface area contributed by atoms with Crippen LogP contribution in [-0.2, 0) is 11.2 Å². The lowest BCUT2D eigenvalue weighted by Gasteiger charge is -2.32. The number of halogens is 3. The molecule has 3 nitrogen and oxygen atoms in total. The van der Waals surface area contributed by atoms with Gasteiger partial charge in [-0.15, -0.1) is 0 Å². The maximum Gasteiger partial charge on any atom is 0.265 e. The smallest absolute Gasteiger partial charge is 0.265 e. The molecule has 1 amide bonds. The Bertz CT molecular complexity index is 491. The molecule has 1 saturated heterocycles. The van der Waals surface area contributed by atoms with Crippen LogP contribution in [0.3, 0.4) is 0 Å². The van der Waals surface area contributed by atoms with E-state index in [1.54, 1.807) is 0 Å². The number of benzene rings is 1. The largest absolute Gasteiger partial charge is 0.505 e. The molecule has 104 valence electrons. The molecule has 1 aromatic rings. The molecule has 1 N–H and O–H groups in total. The van der Waals surface area contributed by atoms with Gasteiger partial charge in [0, 0.05) is 13.0 Å². The van der Waals surface area contributed by atoms with Crippen LogP contribution in [0.15, 0.2) is 18.2 Å². The number of alkyl halides is 2. The Morgan fingerprint density at radius 3 is 2.79 bits per heavy atom. The summed E-state index contributed by atoms with van der Waals surface area (Å²) in [6.07, 6.45) is -0.0502. The van der Waals surface area contributed by atoms with Crippen molar-refractivity contribution in [2.24, 2.45) is 0 Å². The molecule has 0 bridgehead atoms. The third kappa shape index (κ3) is 3.39. The van der Waals surface area contributed by atoms with Gasteiger partial charge in [0.15, 0.2) is 11.6 Å². The molecular weight excluding hydrogens is 259 g/mol. The Balaban J connectivity index is 2.02. The summed E-state index contributed by atoms with van der Waals surface area (Å²) in [6, 6.07) is 3.53. The topological polar surface area (TPSA) is 40.5 Å². The van der Waals surface area contributed by atoms with Gasteiger partial charge in [-0.25, -0.2) is 13.2 Å². The van der Waals surface area contributed by atoms with Gasteiger partial charge < -0.3 is 10.0 Å². The van der Waals surface area contributed by atoms with Gasteiger partial charge in [-0.2, -0.15) is 0 Å². The van der Waals surface area contributed by atoms with E-state index in [9.17, 15) is 23.1 Å². The first-order valence-electron chi connectivity index (χ1n) is 6.00. The molecule has 0 aliphatic carbocycles. The van der Waals surface area contributed by atoms with Crippen molar-refractivity contribution in [1.82, 2.24) is 4.90 Å². The molecule has 1 aromatic carbocycles. The fraction of sp³-hybridized carbons (Fsp3) is 0.462. The minimum absolute atomic E-state index is 0.121. The molecular formula is C13H14F3NO2. The molecule has 0 atom stereocenters. The van der Waals surface area contributed by atoms with Crippen LogP contribution in [0, 0.1) is 5.82 Å². The van der Waals surface area contributed by atoms with E-state index in [1.165, 1.54) is 6.07 Å². The summed E-state index contributed by atoms with van der Waals surface area (Å²) in [5.74, 6) is -4.60. The average molecular weight is 273 g/mol. The highest BCUT2D eigenvalue weighted by molar-refractivity contribution is 5.79. The number of phenols is 1. The van der Waals surface area contributed by atoms with E-state index in [0.717, 1.165) is 17.0 Å². The standard InChI is InChI=1S/C13H14F3NO2/c14-10-3-2-9(6-11(10)18)7-12(19)17-5-1-4-13(15,16)8-17/h2-3,6,18H,1,4-5,7-8H2. The lowest BCUT2D eigenvalue weighted by Crippen LogP contribution is -2.46. The van der Waals surface area contributed by atoms with Gasteiger partial charge in [0.05, 0.1) is 13.0 Å². The van der Waals surface area contributed by atoms with Crippen molar-refractivity contribution in [3.8, 4) is 5.75 Å². The average Bonchev–Trinajstić information content (AvgIpc) is 2.32. The highest BCUT2D eigenvalue weighted by Crippen LogP contribution is 2.27. The second kappa shape index (κ2) is 5.11. The summed E-state index contributed by atoms with van der Waals surface area (Å²) in [7, 11) is 0. The van der Waals surface area contributed by atoms with Crippen LogP contribution in [-0.4, -0.2) is 34.9 Å². The SMILES string of the molecule is O=C(Cc1ccc(F)c(O)c1)N1CCCC(F)(F)C1. The molecule has 1 aliphatic heterocycles. The van der Waals surface area contributed by atoms with Gasteiger partial charge in [-0.05, 0) is 24.1 Å².